The van der Waals surface area contributed by atoms with E-state index in [0.29, 0.717) is 173 Å². The fraction of sp³-hybridized carbons (Fsp3) is 0.238. The average molecular weight is 1970 g/mol. The number of benzene rings is 9. The van der Waals surface area contributed by atoms with Gasteiger partial charge in [0.05, 0.1) is 103 Å². The van der Waals surface area contributed by atoms with Gasteiger partial charge in [0.15, 0.2) is 34.5 Å². The summed E-state index contributed by atoms with van der Waals surface area (Å²) in [5.41, 5.74) is 4.48. The summed E-state index contributed by atoms with van der Waals surface area (Å²) in [5, 5.41) is 11.0. The second kappa shape index (κ2) is 44.1. The van der Waals surface area contributed by atoms with Crippen LogP contribution in [0, 0.1) is 17.5 Å². The number of nitrogens with one attached hydrogen (secondary N) is 3. The molecule has 6 aromatic heterocycles. The molecule has 0 aliphatic carbocycles. The number of hydrogen-bond donors (Lipinski definition) is 3. The highest BCUT2D eigenvalue weighted by atomic mass is 35.5. The number of nitrogens with zero attached hydrogens (tertiary/aromatic N) is 9. The van der Waals surface area contributed by atoms with Crippen molar-refractivity contribution < 1.29 is 89.1 Å². The monoisotopic (exact) mass is 1970 g/mol. The first kappa shape index (κ1) is 96.5. The molecule has 0 saturated carbocycles. The van der Waals surface area contributed by atoms with Crippen molar-refractivity contribution >= 4 is 90.7 Å². The molecular formula is C105H93Cl2F3N12O20. The third-order valence-electron chi connectivity index (χ3n) is 23.9. The highest BCUT2D eigenvalue weighted by molar-refractivity contribution is 6.34. The maximum atomic E-state index is 13.5. The number of carbonyl (C=O) groups excluding carboxylic acids is 3. The summed E-state index contributed by atoms with van der Waals surface area (Å²) >= 11 is 13.4. The Kier molecular flexibility index (Phi) is 30.0. The second-order valence-electron chi connectivity index (χ2n) is 33.1. The van der Waals surface area contributed by atoms with Gasteiger partial charge in [0.25, 0.3) is 34.4 Å². The molecule has 0 bridgehead atoms. The third-order valence-corrected chi connectivity index (χ3v) is 24.6. The molecule has 0 spiro atoms. The molecule has 32 nitrogen and oxygen atoms in total. The molecule has 5 aliphatic heterocycles. The van der Waals surface area contributed by atoms with E-state index in [1.807, 2.05) is 36.4 Å². The van der Waals surface area contributed by atoms with Gasteiger partial charge in [-0.05, 0) is 206 Å². The van der Waals surface area contributed by atoms with E-state index in [2.05, 4.69) is 40.7 Å². The molecule has 37 heteroatoms. The summed E-state index contributed by atoms with van der Waals surface area (Å²) in [6.45, 7) is 12.1. The van der Waals surface area contributed by atoms with Gasteiger partial charge in [-0.3, -0.25) is 62.7 Å². The highest BCUT2D eigenvalue weighted by Crippen LogP contribution is 2.51. The van der Waals surface area contributed by atoms with E-state index in [9.17, 15) is 46.7 Å². The maximum absolute atomic E-state index is 13.5. The first-order chi connectivity index (χ1) is 69.2. The Hall–Kier alpha value is -15.8. The average Bonchev–Trinajstić information content (AvgIpc) is 0.764. The molecule has 0 unspecified atom stereocenters. The van der Waals surface area contributed by atoms with E-state index in [4.69, 9.17) is 84.8 Å². The number of hydrogen-bond acceptors (Lipinski definition) is 25. The first-order valence-corrected chi connectivity index (χ1v) is 46.4. The normalized spacial score (nSPS) is 13.7. The SMILES string of the molecule is COc1cc2nccc(Oc3ccc(NC(=O)c4cn(C)c(=O)n(-c5ccc(F)cc5)c4=O)cc3)c2c2c1OCCO2.COc1ccn(-c2ccc(F)cc2)c(=O)c1C(=O)Nc1ccc(Cc2ccnc3cc(OCCCN4CCOCC4)c4c(c23)OCCO4)cc1Cl.O=C(Nc1ccc(Cc2ccnc3cc(OCCCN4CCOCC4)c4c(c23)OCCO4)cc1Cl)c1cccn(-c2ccc(F)cc2)c1=O. The van der Waals surface area contributed by atoms with Gasteiger partial charge in [-0.2, -0.15) is 0 Å². The number of amides is 3. The van der Waals surface area contributed by atoms with Gasteiger partial charge < -0.3 is 82.1 Å². The van der Waals surface area contributed by atoms with Gasteiger partial charge in [0.2, 0.25) is 17.2 Å². The van der Waals surface area contributed by atoms with Crippen LogP contribution in [0.4, 0.5) is 30.2 Å². The molecule has 3 N–H and O–H groups in total. The van der Waals surface area contributed by atoms with Gasteiger partial charge in [-0.1, -0.05) is 35.3 Å². The summed E-state index contributed by atoms with van der Waals surface area (Å²) in [5.74, 6) is 2.63. The summed E-state index contributed by atoms with van der Waals surface area (Å²) < 4.78 is 121. The number of anilines is 3. The minimum atomic E-state index is -0.835. The number of pyridine rings is 5. The number of rotatable bonds is 27. The Morgan fingerprint density at radius 3 is 1.37 bits per heavy atom. The van der Waals surface area contributed by atoms with E-state index >= 15 is 0 Å². The molecule has 5 aliphatic rings. The van der Waals surface area contributed by atoms with Crippen LogP contribution in [0.5, 0.6) is 69.0 Å². The zero-order valence-corrected chi connectivity index (χ0v) is 78.5. The van der Waals surface area contributed by atoms with Gasteiger partial charge in [-0.25, -0.2) is 22.5 Å². The van der Waals surface area contributed by atoms with Gasteiger partial charge >= 0.3 is 5.69 Å². The lowest BCUT2D eigenvalue weighted by Crippen LogP contribution is -2.41. The van der Waals surface area contributed by atoms with Crippen molar-refractivity contribution in [1.82, 2.24) is 43.0 Å². The van der Waals surface area contributed by atoms with Crippen LogP contribution in [0.1, 0.15) is 66.2 Å². The minimum absolute atomic E-state index is 0.0809. The fourth-order valence-corrected chi connectivity index (χ4v) is 17.5. The smallest absolute Gasteiger partial charge is 0.335 e. The summed E-state index contributed by atoms with van der Waals surface area (Å²) in [6.07, 6.45) is 12.0. The van der Waals surface area contributed by atoms with E-state index in [-0.39, 0.29) is 33.1 Å². The third kappa shape index (κ3) is 21.8. The Labute approximate surface area is 819 Å². The zero-order chi connectivity index (χ0) is 98.4. The standard InChI is InChI=1S/C38H36ClFN4O7.C37H34ClFN4O6.C30H23FN4O7/c1-47-31-10-13-44(27-6-4-26(40)5-7-27)38(46)34(31)37(45)42-29-8-3-24(22-28(29)39)21-25-9-11-41-30-23-32(35-36(33(25)30)51-20-19-50-35)49-16-2-12-43-14-17-48-18-15-43;38-29-22-24(4-9-30(29)41-36(44)28-3-1-13-43(37(28)45)27-7-5-26(39)6-8-27)21-25-10-11-40-31-23-32(34-35(33(25)31)49-20-19-48-34)47-16-2-12-42-14-17-46-18-15-42;1-34-16-21(29(37)35(30(34)38)19-7-3-17(31)4-8-19)28(36)33-18-5-9-20(10-6-18)42-23-11-12-32-22-15-24(39-2)26-27(25(22)23)41-14-13-40-26/h3-11,13,22-23H,2,12,14-21H2,1H3,(H,42,45);1,3-11,13,22-23H,2,12,14-21H2,(H,41,44);3-12,15-16H,13-14H2,1-2H3,(H,33,36). The molecule has 0 radical (unpaired) electrons. The number of fused-ring (bicyclic) bond motifs is 9. The van der Waals surface area contributed by atoms with Crippen LogP contribution in [0.25, 0.3) is 49.8 Å². The zero-order valence-electron chi connectivity index (χ0n) is 77.0. The second-order valence-corrected chi connectivity index (χ2v) is 34.0. The molecule has 2 fully saturated rings. The van der Waals surface area contributed by atoms with Gasteiger partial charge in [-0.15, -0.1) is 0 Å². The Balaban J connectivity index is 0.000000141. The summed E-state index contributed by atoms with van der Waals surface area (Å²) in [7, 11) is 4.33. The van der Waals surface area contributed by atoms with Gasteiger partial charge in [0, 0.05) is 130 Å². The van der Waals surface area contributed by atoms with Crippen molar-refractivity contribution in [1.29, 1.82) is 0 Å². The molecular weight excluding hydrogens is 1880 g/mol. The first-order valence-electron chi connectivity index (χ1n) is 45.6. The molecule has 11 heterocycles. The quantitative estimate of drug-likeness (QED) is 0.0403. The highest BCUT2D eigenvalue weighted by Gasteiger charge is 2.31. The van der Waals surface area contributed by atoms with E-state index in [1.54, 1.807) is 92.4 Å². The fourth-order valence-electron chi connectivity index (χ4n) is 17.0. The number of carbonyl (C=O) groups is 3. The number of methoxy groups -OCH3 is 2. The Morgan fingerprint density at radius 2 is 0.866 bits per heavy atom. The largest absolute Gasteiger partial charge is 0.496 e. The Morgan fingerprint density at radius 1 is 0.423 bits per heavy atom. The lowest BCUT2D eigenvalue weighted by Gasteiger charge is -2.26. The van der Waals surface area contributed by atoms with Crippen LogP contribution in [0.15, 0.2) is 244 Å². The number of aryl methyl sites for hydroxylation is 1. The summed E-state index contributed by atoms with van der Waals surface area (Å²) in [4.78, 5) is 110. The number of ether oxygens (including phenoxy) is 13. The lowest BCUT2D eigenvalue weighted by atomic mass is 9.99. The number of aromatic nitrogens is 7. The molecule has 0 atom stereocenters. The van der Waals surface area contributed by atoms with Gasteiger partial charge in [0.1, 0.15) is 91.0 Å². The predicted molar refractivity (Wildman–Crippen MR) is 526 cm³/mol. The number of halogens is 5. The molecule has 2 saturated heterocycles. The number of morpholine rings is 2. The molecule has 142 heavy (non-hydrogen) atoms. The van der Waals surface area contributed by atoms with Crippen molar-refractivity contribution in [3.05, 3.63) is 333 Å². The van der Waals surface area contributed by atoms with Crippen LogP contribution in [-0.2, 0) is 29.4 Å². The summed E-state index contributed by atoms with van der Waals surface area (Å²) in [6, 6.07) is 48.4. The molecule has 15 aromatic rings. The van der Waals surface area contributed by atoms with Crippen molar-refractivity contribution in [2.45, 2.75) is 25.7 Å². The van der Waals surface area contributed by atoms with Crippen molar-refractivity contribution in [3.63, 3.8) is 0 Å². The van der Waals surface area contributed by atoms with E-state index in [0.717, 1.165) is 150 Å². The van der Waals surface area contributed by atoms with Crippen molar-refractivity contribution in [2.75, 3.05) is 149 Å². The van der Waals surface area contributed by atoms with Crippen molar-refractivity contribution in [3.8, 4) is 86.1 Å². The molecule has 3 amide bonds. The molecule has 728 valence electrons. The van der Waals surface area contributed by atoms with Crippen LogP contribution in [0.3, 0.4) is 0 Å². The lowest BCUT2D eigenvalue weighted by molar-refractivity contribution is 0.0356. The topological polar surface area (TPSA) is 340 Å². The maximum Gasteiger partial charge on any atom is 0.335 e. The minimum Gasteiger partial charge on any atom is -0.496 e. The predicted octanol–water partition coefficient (Wildman–Crippen LogP) is 15.8. The van der Waals surface area contributed by atoms with Crippen molar-refractivity contribution in [2.24, 2.45) is 7.05 Å². The molecule has 9 aromatic carbocycles. The van der Waals surface area contributed by atoms with E-state index in [1.165, 1.54) is 108 Å². The van der Waals surface area contributed by atoms with Crippen LogP contribution < -0.4 is 90.4 Å². The van der Waals surface area contributed by atoms with Crippen LogP contribution >= 0.6 is 23.2 Å². The molecule has 20 rings (SSSR count). The van der Waals surface area contributed by atoms with Crippen LogP contribution in [0.2, 0.25) is 10.0 Å². The Bertz CT molecular complexity index is 7520. The van der Waals surface area contributed by atoms with E-state index < -0.39 is 57.5 Å². The van der Waals surface area contributed by atoms with Crippen LogP contribution in [-0.4, -0.2) is 194 Å².